The standard InChI is InChI=1S/C18H19NO/c1-13-3-5-14(6-4-13)18-9-10-19(2)12-15-11-16(20)7-8-17(15)18/h3-9,11,20H,10,12H2,1-2H3. The summed E-state index contributed by atoms with van der Waals surface area (Å²) >= 11 is 0. The van der Waals surface area contributed by atoms with Gasteiger partial charge in [0, 0.05) is 13.1 Å². The lowest BCUT2D eigenvalue weighted by atomic mass is 9.93. The molecule has 0 saturated heterocycles. The molecule has 3 rings (SSSR count). The van der Waals surface area contributed by atoms with Crippen molar-refractivity contribution in [3.05, 3.63) is 70.8 Å². The highest BCUT2D eigenvalue weighted by Gasteiger charge is 2.15. The van der Waals surface area contributed by atoms with Gasteiger partial charge < -0.3 is 5.11 Å². The maximum atomic E-state index is 9.72. The number of phenols is 1. The van der Waals surface area contributed by atoms with Crippen molar-refractivity contribution < 1.29 is 5.11 Å². The van der Waals surface area contributed by atoms with Crippen molar-refractivity contribution in [1.82, 2.24) is 4.90 Å². The Labute approximate surface area is 120 Å². The van der Waals surface area contributed by atoms with Crippen molar-refractivity contribution in [1.29, 1.82) is 0 Å². The van der Waals surface area contributed by atoms with Crippen molar-refractivity contribution in [2.45, 2.75) is 13.5 Å². The first-order valence-corrected chi connectivity index (χ1v) is 6.91. The van der Waals surface area contributed by atoms with E-state index in [0.29, 0.717) is 5.75 Å². The number of likely N-dealkylation sites (N-methyl/N-ethyl adjacent to an activating group) is 1. The van der Waals surface area contributed by atoms with Gasteiger partial charge in [-0.25, -0.2) is 0 Å². The average Bonchev–Trinajstić information content (AvgIpc) is 2.58. The van der Waals surface area contributed by atoms with Crippen LogP contribution in [0.4, 0.5) is 0 Å². The van der Waals surface area contributed by atoms with Crippen molar-refractivity contribution in [2.75, 3.05) is 13.6 Å². The average molecular weight is 265 g/mol. The van der Waals surface area contributed by atoms with Gasteiger partial charge in [0.2, 0.25) is 0 Å². The maximum Gasteiger partial charge on any atom is 0.115 e. The van der Waals surface area contributed by atoms with E-state index in [-0.39, 0.29) is 0 Å². The Morgan fingerprint density at radius 3 is 2.55 bits per heavy atom. The van der Waals surface area contributed by atoms with E-state index in [1.165, 1.54) is 27.8 Å². The fourth-order valence-corrected chi connectivity index (χ4v) is 2.69. The zero-order chi connectivity index (χ0) is 14.1. The highest BCUT2D eigenvalue weighted by Crippen LogP contribution is 2.31. The first-order valence-electron chi connectivity index (χ1n) is 6.91. The molecular weight excluding hydrogens is 246 g/mol. The predicted molar refractivity (Wildman–Crippen MR) is 82.7 cm³/mol. The van der Waals surface area contributed by atoms with E-state index in [1.807, 2.05) is 12.1 Å². The summed E-state index contributed by atoms with van der Waals surface area (Å²) in [5.74, 6) is 0.335. The van der Waals surface area contributed by atoms with Crippen molar-refractivity contribution >= 4 is 5.57 Å². The molecule has 2 aromatic rings. The molecule has 0 aromatic heterocycles. The Kier molecular flexibility index (Phi) is 3.33. The van der Waals surface area contributed by atoms with Gasteiger partial charge in [0.05, 0.1) is 0 Å². The Hall–Kier alpha value is -2.06. The van der Waals surface area contributed by atoms with Crippen molar-refractivity contribution in [3.8, 4) is 5.75 Å². The number of rotatable bonds is 1. The zero-order valence-corrected chi connectivity index (χ0v) is 11.9. The first-order chi connectivity index (χ1) is 9.63. The Morgan fingerprint density at radius 1 is 1.05 bits per heavy atom. The second-order valence-corrected chi connectivity index (χ2v) is 5.52. The summed E-state index contributed by atoms with van der Waals surface area (Å²) < 4.78 is 0. The quantitative estimate of drug-likeness (QED) is 0.852. The van der Waals surface area contributed by atoms with Crippen molar-refractivity contribution in [3.63, 3.8) is 0 Å². The summed E-state index contributed by atoms with van der Waals surface area (Å²) in [6.07, 6.45) is 2.27. The smallest absolute Gasteiger partial charge is 0.115 e. The lowest BCUT2D eigenvalue weighted by Gasteiger charge is -2.14. The summed E-state index contributed by atoms with van der Waals surface area (Å²) in [5, 5.41) is 9.72. The number of aromatic hydroxyl groups is 1. The van der Waals surface area contributed by atoms with Gasteiger partial charge in [-0.2, -0.15) is 0 Å². The number of fused-ring (bicyclic) bond motifs is 1. The molecule has 0 aliphatic carbocycles. The largest absolute Gasteiger partial charge is 0.508 e. The summed E-state index contributed by atoms with van der Waals surface area (Å²) in [5.41, 5.74) is 6.15. The minimum Gasteiger partial charge on any atom is -0.508 e. The molecule has 0 saturated carbocycles. The van der Waals surface area contributed by atoms with Crippen LogP contribution in [0.15, 0.2) is 48.5 Å². The first kappa shape index (κ1) is 12.9. The normalized spacial score (nSPS) is 15.4. The van der Waals surface area contributed by atoms with Gasteiger partial charge in [0.25, 0.3) is 0 Å². The van der Waals surface area contributed by atoms with Crippen LogP contribution in [0.3, 0.4) is 0 Å². The molecule has 0 atom stereocenters. The maximum absolute atomic E-state index is 9.72. The minimum atomic E-state index is 0.335. The minimum absolute atomic E-state index is 0.335. The van der Waals surface area contributed by atoms with Gasteiger partial charge in [-0.05, 0) is 48.4 Å². The number of hydrogen-bond acceptors (Lipinski definition) is 2. The molecule has 1 aliphatic heterocycles. The fraction of sp³-hybridized carbons (Fsp3) is 0.222. The van der Waals surface area contributed by atoms with Crippen LogP contribution in [0.1, 0.15) is 22.3 Å². The van der Waals surface area contributed by atoms with E-state index in [2.05, 4.69) is 49.2 Å². The molecule has 0 spiro atoms. The third kappa shape index (κ3) is 2.47. The molecule has 0 bridgehead atoms. The number of benzene rings is 2. The van der Waals surface area contributed by atoms with Crippen LogP contribution < -0.4 is 0 Å². The molecule has 0 unspecified atom stereocenters. The van der Waals surface area contributed by atoms with Gasteiger partial charge in [-0.1, -0.05) is 42.0 Å². The number of nitrogens with zero attached hydrogens (tertiary/aromatic N) is 1. The van der Waals surface area contributed by atoms with Gasteiger partial charge in [-0.3, -0.25) is 4.90 Å². The van der Waals surface area contributed by atoms with E-state index < -0.39 is 0 Å². The fourth-order valence-electron chi connectivity index (χ4n) is 2.69. The molecule has 1 N–H and O–H groups in total. The second kappa shape index (κ2) is 5.14. The molecule has 20 heavy (non-hydrogen) atoms. The molecular formula is C18H19NO. The van der Waals surface area contributed by atoms with Crippen LogP contribution in [-0.4, -0.2) is 23.6 Å². The highest BCUT2D eigenvalue weighted by atomic mass is 16.3. The third-order valence-electron chi connectivity index (χ3n) is 3.79. The molecule has 0 radical (unpaired) electrons. The molecule has 0 fully saturated rings. The topological polar surface area (TPSA) is 23.5 Å². The number of aryl methyl sites for hydroxylation is 1. The molecule has 0 amide bonds. The molecule has 1 aliphatic rings. The number of phenolic OH excluding ortho intramolecular Hbond substituents is 1. The van der Waals surface area contributed by atoms with Gasteiger partial charge in [0.1, 0.15) is 5.75 Å². The predicted octanol–water partition coefficient (Wildman–Crippen LogP) is 3.58. The lowest BCUT2D eigenvalue weighted by Crippen LogP contribution is -2.16. The van der Waals surface area contributed by atoms with Gasteiger partial charge in [0.15, 0.2) is 0 Å². The van der Waals surface area contributed by atoms with E-state index in [4.69, 9.17) is 0 Å². The van der Waals surface area contributed by atoms with Crippen LogP contribution in [0.25, 0.3) is 5.57 Å². The van der Waals surface area contributed by atoms with Crippen LogP contribution in [0, 0.1) is 6.92 Å². The Morgan fingerprint density at radius 2 is 1.80 bits per heavy atom. The van der Waals surface area contributed by atoms with Crippen molar-refractivity contribution in [2.24, 2.45) is 0 Å². The monoisotopic (exact) mass is 265 g/mol. The lowest BCUT2D eigenvalue weighted by molar-refractivity contribution is 0.364. The Balaban J connectivity index is 2.13. The van der Waals surface area contributed by atoms with Crippen LogP contribution >= 0.6 is 0 Å². The van der Waals surface area contributed by atoms with E-state index in [1.54, 1.807) is 6.07 Å². The summed E-state index contributed by atoms with van der Waals surface area (Å²) in [4.78, 5) is 2.25. The zero-order valence-electron chi connectivity index (χ0n) is 11.9. The molecule has 2 aromatic carbocycles. The van der Waals surface area contributed by atoms with Gasteiger partial charge >= 0.3 is 0 Å². The summed E-state index contributed by atoms with van der Waals surface area (Å²) in [7, 11) is 2.10. The third-order valence-corrected chi connectivity index (χ3v) is 3.79. The van der Waals surface area contributed by atoms with Gasteiger partial charge in [-0.15, -0.1) is 0 Å². The SMILES string of the molecule is Cc1ccc(C2=CCN(C)Cc3cc(O)ccc32)cc1. The molecule has 2 heteroatoms. The van der Waals surface area contributed by atoms with E-state index in [0.717, 1.165) is 13.1 Å². The van der Waals surface area contributed by atoms with Crippen LogP contribution in [-0.2, 0) is 6.54 Å². The molecule has 1 heterocycles. The molecule has 102 valence electrons. The van der Waals surface area contributed by atoms with Crippen LogP contribution in [0.2, 0.25) is 0 Å². The second-order valence-electron chi connectivity index (χ2n) is 5.52. The Bertz CT molecular complexity index is 656. The van der Waals surface area contributed by atoms with Crippen LogP contribution in [0.5, 0.6) is 5.75 Å². The summed E-state index contributed by atoms with van der Waals surface area (Å²) in [6, 6.07) is 14.3. The molecule has 2 nitrogen and oxygen atoms in total. The van der Waals surface area contributed by atoms with E-state index in [9.17, 15) is 5.11 Å². The highest BCUT2D eigenvalue weighted by molar-refractivity contribution is 5.82. The summed E-state index contributed by atoms with van der Waals surface area (Å²) in [6.45, 7) is 3.87. The number of hydrogen-bond donors (Lipinski definition) is 1. The van der Waals surface area contributed by atoms with E-state index >= 15 is 0 Å².